The molecular formula is C26H23FN6O. The van der Waals surface area contributed by atoms with Gasteiger partial charge in [0.25, 0.3) is 5.91 Å². The van der Waals surface area contributed by atoms with Gasteiger partial charge in [0.15, 0.2) is 5.65 Å². The quantitative estimate of drug-likeness (QED) is 0.421. The summed E-state index contributed by atoms with van der Waals surface area (Å²) in [7, 11) is 0. The molecule has 170 valence electrons. The number of carbonyl (C=O) groups is 1. The molecule has 7 nitrogen and oxygen atoms in total. The summed E-state index contributed by atoms with van der Waals surface area (Å²) in [5.74, 6) is -0.509. The van der Waals surface area contributed by atoms with Gasteiger partial charge in [0.1, 0.15) is 5.82 Å². The van der Waals surface area contributed by atoms with Crippen LogP contribution in [0.15, 0.2) is 66.9 Å². The Hall–Kier alpha value is -4.33. The molecule has 0 spiro atoms. The fourth-order valence-electron chi connectivity index (χ4n) is 4.01. The molecular weight excluding hydrogens is 431 g/mol. The molecule has 5 aromatic rings. The number of carbonyl (C=O) groups excluding carboxylic acids is 1. The third-order valence-electron chi connectivity index (χ3n) is 5.72. The van der Waals surface area contributed by atoms with E-state index in [0.717, 1.165) is 39.4 Å². The smallest absolute Gasteiger partial charge is 0.252 e. The molecule has 0 radical (unpaired) electrons. The molecule has 0 fully saturated rings. The normalized spacial score (nSPS) is 11.2. The van der Waals surface area contributed by atoms with E-state index in [1.165, 1.54) is 12.1 Å². The monoisotopic (exact) mass is 454 g/mol. The van der Waals surface area contributed by atoms with E-state index in [1.54, 1.807) is 27.6 Å². The van der Waals surface area contributed by atoms with Crippen molar-refractivity contribution in [3.8, 4) is 11.4 Å². The number of pyridine rings is 1. The van der Waals surface area contributed by atoms with E-state index >= 15 is 0 Å². The number of aryl methyl sites for hydroxylation is 3. The minimum Gasteiger partial charge on any atom is -0.348 e. The van der Waals surface area contributed by atoms with E-state index in [1.807, 2.05) is 57.3 Å². The van der Waals surface area contributed by atoms with Crippen LogP contribution in [0.5, 0.6) is 0 Å². The molecule has 0 aliphatic heterocycles. The number of para-hydroxylation sites is 1. The summed E-state index contributed by atoms with van der Waals surface area (Å²) in [4.78, 5) is 17.9. The molecule has 1 amide bonds. The molecule has 0 saturated carbocycles. The zero-order chi connectivity index (χ0) is 23.8. The Kier molecular flexibility index (Phi) is 5.41. The number of nitrogens with zero attached hydrogens (tertiary/aromatic N) is 5. The fourth-order valence-corrected chi connectivity index (χ4v) is 4.01. The first kappa shape index (κ1) is 21.5. The average Bonchev–Trinajstić information content (AvgIpc) is 3.37. The van der Waals surface area contributed by atoms with Crippen LogP contribution in [0, 0.1) is 26.6 Å². The minimum atomic E-state index is -0.301. The van der Waals surface area contributed by atoms with Crippen LogP contribution in [0.1, 0.15) is 33.0 Å². The Labute approximate surface area is 195 Å². The summed E-state index contributed by atoms with van der Waals surface area (Å²) in [6.45, 7) is 5.93. The third kappa shape index (κ3) is 3.94. The van der Waals surface area contributed by atoms with Crippen molar-refractivity contribution in [3.63, 3.8) is 0 Å². The number of fused-ring (bicyclic) bond motifs is 1. The van der Waals surface area contributed by atoms with Crippen LogP contribution in [-0.4, -0.2) is 30.5 Å². The van der Waals surface area contributed by atoms with Crippen molar-refractivity contribution < 1.29 is 9.18 Å². The molecule has 0 unspecified atom stereocenters. The zero-order valence-corrected chi connectivity index (χ0v) is 19.1. The van der Waals surface area contributed by atoms with Gasteiger partial charge in [0.2, 0.25) is 0 Å². The Balaban J connectivity index is 1.44. The predicted octanol–water partition coefficient (Wildman–Crippen LogP) is 4.60. The molecule has 0 atom stereocenters. The van der Waals surface area contributed by atoms with Crippen LogP contribution in [0.25, 0.3) is 22.4 Å². The molecule has 3 heterocycles. The summed E-state index contributed by atoms with van der Waals surface area (Å²) < 4.78 is 16.7. The van der Waals surface area contributed by atoms with Gasteiger partial charge >= 0.3 is 0 Å². The summed E-state index contributed by atoms with van der Waals surface area (Å²) in [5.41, 5.74) is 5.93. The first-order chi connectivity index (χ1) is 16.4. The van der Waals surface area contributed by atoms with Gasteiger partial charge in [0.05, 0.1) is 33.7 Å². The molecule has 3 aromatic heterocycles. The maximum atomic E-state index is 13.3. The molecule has 0 aliphatic carbocycles. The second-order valence-corrected chi connectivity index (χ2v) is 8.19. The first-order valence-electron chi connectivity index (χ1n) is 10.9. The first-order valence-corrected chi connectivity index (χ1v) is 10.9. The maximum absolute atomic E-state index is 13.3. The minimum absolute atomic E-state index is 0.208. The van der Waals surface area contributed by atoms with E-state index < -0.39 is 0 Å². The highest BCUT2D eigenvalue weighted by Gasteiger charge is 2.20. The highest BCUT2D eigenvalue weighted by molar-refractivity contribution is 6.06. The predicted molar refractivity (Wildman–Crippen MR) is 128 cm³/mol. The molecule has 34 heavy (non-hydrogen) atoms. The number of halogens is 1. The maximum Gasteiger partial charge on any atom is 0.252 e. The second-order valence-electron chi connectivity index (χ2n) is 8.19. The van der Waals surface area contributed by atoms with Crippen molar-refractivity contribution in [1.29, 1.82) is 0 Å². The highest BCUT2D eigenvalue weighted by Crippen LogP contribution is 2.25. The van der Waals surface area contributed by atoms with Gasteiger partial charge < -0.3 is 5.32 Å². The van der Waals surface area contributed by atoms with Crippen molar-refractivity contribution in [2.75, 3.05) is 0 Å². The van der Waals surface area contributed by atoms with Crippen LogP contribution in [0.3, 0.4) is 0 Å². The number of hydrogen-bond acceptors (Lipinski definition) is 4. The van der Waals surface area contributed by atoms with Crippen LogP contribution in [0.4, 0.5) is 4.39 Å². The summed E-state index contributed by atoms with van der Waals surface area (Å²) in [6.07, 6.45) is 1.84. The van der Waals surface area contributed by atoms with Gasteiger partial charge in [-0.2, -0.15) is 10.2 Å². The SMILES string of the molecule is Cc1cc(C(=O)NCc2cn(-c3ccc(F)cc3)nc2C)c2c(C)nn(-c3ccccc3)c2n1. The number of hydrogen-bond donors (Lipinski definition) is 1. The Morgan fingerprint density at radius 2 is 1.68 bits per heavy atom. The standard InChI is InChI=1S/C26H23FN6O/c1-16-13-23(24-18(3)31-33(25(24)29-16)22-7-5-4-6-8-22)26(34)28-14-19-15-32(30-17(19)2)21-11-9-20(27)10-12-21/h4-13,15H,14H2,1-3H3,(H,28,34). The van der Waals surface area contributed by atoms with Gasteiger partial charge in [-0.3, -0.25) is 4.79 Å². The zero-order valence-electron chi connectivity index (χ0n) is 19.1. The van der Waals surface area contributed by atoms with Crippen LogP contribution >= 0.6 is 0 Å². The topological polar surface area (TPSA) is 77.6 Å². The lowest BCUT2D eigenvalue weighted by Crippen LogP contribution is -2.23. The van der Waals surface area contributed by atoms with Gasteiger partial charge in [0, 0.05) is 24.0 Å². The Bertz CT molecular complexity index is 1500. The molecule has 1 N–H and O–H groups in total. The van der Waals surface area contributed by atoms with Crippen LogP contribution < -0.4 is 5.32 Å². The second kappa shape index (κ2) is 8.55. The number of nitrogens with one attached hydrogen (secondary N) is 1. The molecule has 2 aromatic carbocycles. The number of aromatic nitrogens is 5. The van der Waals surface area contributed by atoms with Crippen molar-refractivity contribution in [2.45, 2.75) is 27.3 Å². The van der Waals surface area contributed by atoms with Crippen molar-refractivity contribution in [1.82, 2.24) is 29.9 Å². The van der Waals surface area contributed by atoms with Crippen LogP contribution in [0.2, 0.25) is 0 Å². The summed E-state index contributed by atoms with van der Waals surface area (Å²) in [6, 6.07) is 17.6. The van der Waals surface area contributed by atoms with Crippen molar-refractivity contribution >= 4 is 16.9 Å². The van der Waals surface area contributed by atoms with Crippen molar-refractivity contribution in [3.05, 3.63) is 101 Å². The van der Waals surface area contributed by atoms with E-state index in [-0.39, 0.29) is 11.7 Å². The lowest BCUT2D eigenvalue weighted by molar-refractivity contribution is 0.0952. The lowest BCUT2D eigenvalue weighted by Gasteiger charge is -2.08. The highest BCUT2D eigenvalue weighted by atomic mass is 19.1. The van der Waals surface area contributed by atoms with E-state index in [4.69, 9.17) is 0 Å². The Morgan fingerprint density at radius 3 is 2.41 bits per heavy atom. The number of amides is 1. The summed E-state index contributed by atoms with van der Waals surface area (Å²) in [5, 5.41) is 12.9. The molecule has 5 rings (SSSR count). The number of benzene rings is 2. The van der Waals surface area contributed by atoms with Crippen LogP contribution in [-0.2, 0) is 6.54 Å². The molecule has 0 saturated heterocycles. The van der Waals surface area contributed by atoms with Gasteiger partial charge in [-0.05, 0) is 63.2 Å². The van der Waals surface area contributed by atoms with Gasteiger partial charge in [-0.1, -0.05) is 18.2 Å². The third-order valence-corrected chi connectivity index (χ3v) is 5.72. The van der Waals surface area contributed by atoms with Crippen molar-refractivity contribution in [2.24, 2.45) is 0 Å². The molecule has 0 aliphatic rings. The fraction of sp³-hybridized carbons (Fsp3) is 0.154. The van der Waals surface area contributed by atoms with E-state index in [2.05, 4.69) is 20.5 Å². The molecule has 8 heteroatoms. The lowest BCUT2D eigenvalue weighted by atomic mass is 10.1. The van der Waals surface area contributed by atoms with E-state index in [0.29, 0.717) is 17.8 Å². The summed E-state index contributed by atoms with van der Waals surface area (Å²) >= 11 is 0. The Morgan fingerprint density at radius 1 is 0.941 bits per heavy atom. The van der Waals surface area contributed by atoms with Gasteiger partial charge in [-0.15, -0.1) is 0 Å². The van der Waals surface area contributed by atoms with Gasteiger partial charge in [-0.25, -0.2) is 18.7 Å². The largest absolute Gasteiger partial charge is 0.348 e. The van der Waals surface area contributed by atoms with E-state index in [9.17, 15) is 9.18 Å². The molecule has 0 bridgehead atoms. The average molecular weight is 455 g/mol. The number of rotatable bonds is 5.